The minimum atomic E-state index is -4.36. The molecule has 3 nitrogen and oxygen atoms in total. The topological polar surface area (TPSA) is 35.5 Å². The summed E-state index contributed by atoms with van der Waals surface area (Å²) in [6, 6.07) is 0. The van der Waals surface area contributed by atoms with Gasteiger partial charge in [0.05, 0.1) is 19.1 Å². The molecule has 6 heteroatoms. The largest absolute Gasteiger partial charge is 0.469 e. The van der Waals surface area contributed by atoms with Crippen LogP contribution < -0.4 is 0 Å². The Morgan fingerprint density at radius 2 is 1.93 bits per heavy atom. The molecule has 0 N–H and O–H groups in total. The van der Waals surface area contributed by atoms with Crippen molar-refractivity contribution in [1.29, 1.82) is 0 Å². The molecule has 0 bridgehead atoms. The van der Waals surface area contributed by atoms with Gasteiger partial charge in [0, 0.05) is 5.41 Å². The molecular weight excluding hydrogens is 213 g/mol. The third-order valence-electron chi connectivity index (χ3n) is 2.61. The summed E-state index contributed by atoms with van der Waals surface area (Å²) in [7, 11) is 1.21. The molecule has 0 aromatic rings. The number of alkyl halides is 3. The molecule has 1 fully saturated rings. The number of hydrogen-bond acceptors (Lipinski definition) is 3. The van der Waals surface area contributed by atoms with Crippen LogP contribution in [0.4, 0.5) is 13.2 Å². The third-order valence-corrected chi connectivity index (χ3v) is 2.61. The van der Waals surface area contributed by atoms with E-state index >= 15 is 0 Å². The van der Waals surface area contributed by atoms with Crippen LogP contribution in [0.25, 0.3) is 0 Å². The first-order valence-corrected chi connectivity index (χ1v) is 4.46. The van der Waals surface area contributed by atoms with Gasteiger partial charge in [0.1, 0.15) is 6.61 Å². The Morgan fingerprint density at radius 3 is 2.33 bits per heavy atom. The molecule has 1 rings (SSSR count). The van der Waals surface area contributed by atoms with Gasteiger partial charge in [0.2, 0.25) is 0 Å². The van der Waals surface area contributed by atoms with Gasteiger partial charge < -0.3 is 9.47 Å². The summed E-state index contributed by atoms with van der Waals surface area (Å²) in [5, 5.41) is 0. The minimum Gasteiger partial charge on any atom is -0.469 e. The van der Waals surface area contributed by atoms with Gasteiger partial charge in [-0.3, -0.25) is 4.79 Å². The van der Waals surface area contributed by atoms with E-state index in [0.29, 0.717) is 0 Å². The second-order valence-electron chi connectivity index (χ2n) is 4.17. The molecule has 15 heavy (non-hydrogen) atoms. The van der Waals surface area contributed by atoms with Crippen LogP contribution in [0.1, 0.15) is 13.8 Å². The number of esters is 1. The summed E-state index contributed by atoms with van der Waals surface area (Å²) >= 11 is 0. The molecule has 2 atom stereocenters. The smallest absolute Gasteiger partial charge is 0.411 e. The van der Waals surface area contributed by atoms with E-state index in [9.17, 15) is 18.0 Å². The van der Waals surface area contributed by atoms with Gasteiger partial charge in [-0.15, -0.1) is 0 Å². The zero-order chi connectivity index (χ0) is 11.9. The van der Waals surface area contributed by atoms with Crippen molar-refractivity contribution in [1.82, 2.24) is 0 Å². The molecule has 1 aliphatic carbocycles. The summed E-state index contributed by atoms with van der Waals surface area (Å²) in [5.74, 6) is -1.11. The molecule has 2 unspecified atom stereocenters. The number of ether oxygens (including phenoxy) is 2. The summed E-state index contributed by atoms with van der Waals surface area (Å²) in [6.07, 6.45) is -5.06. The van der Waals surface area contributed by atoms with Crippen LogP contribution >= 0.6 is 0 Å². The number of carbonyl (C=O) groups excluding carboxylic acids is 1. The van der Waals surface area contributed by atoms with Gasteiger partial charge in [-0.25, -0.2) is 0 Å². The normalized spacial score (nSPS) is 28.7. The van der Waals surface area contributed by atoms with Crippen molar-refractivity contribution < 1.29 is 27.4 Å². The van der Waals surface area contributed by atoms with Crippen molar-refractivity contribution in [2.75, 3.05) is 13.7 Å². The Balaban J connectivity index is 2.49. The molecule has 0 saturated heterocycles. The Labute approximate surface area is 85.5 Å². The first kappa shape index (κ1) is 12.3. The molecule has 0 heterocycles. The third kappa shape index (κ3) is 2.62. The fourth-order valence-corrected chi connectivity index (χ4v) is 1.64. The van der Waals surface area contributed by atoms with Crippen LogP contribution in [0.2, 0.25) is 0 Å². The average Bonchev–Trinajstić information content (AvgIpc) is 2.62. The quantitative estimate of drug-likeness (QED) is 0.688. The number of hydrogen-bond donors (Lipinski definition) is 0. The molecule has 0 aliphatic heterocycles. The van der Waals surface area contributed by atoms with E-state index in [1.807, 2.05) is 0 Å². The van der Waals surface area contributed by atoms with E-state index in [1.54, 1.807) is 13.8 Å². The fourth-order valence-electron chi connectivity index (χ4n) is 1.64. The standard InChI is InChI=1S/C9H13F3O3/c1-8(2)5(7(13)14-3)6(8)15-4-9(10,11)12/h5-6H,4H2,1-3H3. The highest BCUT2D eigenvalue weighted by atomic mass is 19.4. The zero-order valence-corrected chi connectivity index (χ0v) is 8.72. The molecule has 0 aromatic heterocycles. The van der Waals surface area contributed by atoms with Crippen LogP contribution in [0.5, 0.6) is 0 Å². The van der Waals surface area contributed by atoms with Crippen molar-refractivity contribution in [2.45, 2.75) is 26.1 Å². The summed E-state index contributed by atoms with van der Waals surface area (Å²) in [6.45, 7) is 2.03. The maximum Gasteiger partial charge on any atom is 0.411 e. The van der Waals surface area contributed by atoms with Gasteiger partial charge >= 0.3 is 12.1 Å². The lowest BCUT2D eigenvalue weighted by Gasteiger charge is -2.07. The van der Waals surface area contributed by atoms with Gasteiger partial charge in [0.15, 0.2) is 0 Å². The second kappa shape index (κ2) is 3.66. The second-order valence-corrected chi connectivity index (χ2v) is 4.17. The van der Waals surface area contributed by atoms with Crippen LogP contribution in [0.3, 0.4) is 0 Å². The highest BCUT2D eigenvalue weighted by Gasteiger charge is 2.64. The van der Waals surface area contributed by atoms with Gasteiger partial charge in [-0.1, -0.05) is 13.8 Å². The van der Waals surface area contributed by atoms with Crippen molar-refractivity contribution >= 4 is 5.97 Å². The van der Waals surface area contributed by atoms with Crippen LogP contribution in [-0.2, 0) is 14.3 Å². The molecule has 0 amide bonds. The van der Waals surface area contributed by atoms with E-state index in [2.05, 4.69) is 9.47 Å². The lowest BCUT2D eigenvalue weighted by atomic mass is 10.1. The molecule has 0 spiro atoms. The van der Waals surface area contributed by atoms with Gasteiger partial charge in [-0.05, 0) is 0 Å². The van der Waals surface area contributed by atoms with Gasteiger partial charge in [0.25, 0.3) is 0 Å². The zero-order valence-electron chi connectivity index (χ0n) is 8.72. The summed E-state index contributed by atoms with van der Waals surface area (Å²) in [4.78, 5) is 11.1. The van der Waals surface area contributed by atoms with E-state index in [0.717, 1.165) is 0 Å². The predicted octanol–water partition coefficient (Wildman–Crippen LogP) is 1.76. The number of carbonyl (C=O) groups is 1. The molecule has 1 saturated carbocycles. The Hall–Kier alpha value is -0.780. The van der Waals surface area contributed by atoms with Crippen LogP contribution in [-0.4, -0.2) is 32.0 Å². The lowest BCUT2D eigenvalue weighted by molar-refractivity contribution is -0.180. The van der Waals surface area contributed by atoms with E-state index in [4.69, 9.17) is 0 Å². The van der Waals surface area contributed by atoms with Crippen molar-refractivity contribution in [3.63, 3.8) is 0 Å². The highest BCUT2D eigenvalue weighted by molar-refractivity contribution is 5.78. The summed E-state index contributed by atoms with van der Waals surface area (Å²) < 4.78 is 44.7. The molecule has 1 aliphatic rings. The predicted molar refractivity (Wildman–Crippen MR) is 45.1 cm³/mol. The first-order valence-electron chi connectivity index (χ1n) is 4.46. The molecule has 88 valence electrons. The fraction of sp³-hybridized carbons (Fsp3) is 0.889. The lowest BCUT2D eigenvalue weighted by Crippen LogP contribution is -2.20. The maximum absolute atomic E-state index is 11.9. The van der Waals surface area contributed by atoms with E-state index < -0.39 is 36.2 Å². The number of halogens is 3. The van der Waals surface area contributed by atoms with E-state index in [1.165, 1.54) is 7.11 Å². The molecule has 0 aromatic carbocycles. The highest BCUT2D eigenvalue weighted by Crippen LogP contribution is 2.54. The SMILES string of the molecule is COC(=O)C1C(OCC(F)(F)F)C1(C)C. The number of methoxy groups -OCH3 is 1. The molecular formula is C9H13F3O3. The van der Waals surface area contributed by atoms with Crippen molar-refractivity contribution in [2.24, 2.45) is 11.3 Å². The number of rotatable bonds is 3. The van der Waals surface area contributed by atoms with Crippen molar-refractivity contribution in [3.8, 4) is 0 Å². The van der Waals surface area contributed by atoms with Crippen LogP contribution in [0.15, 0.2) is 0 Å². The van der Waals surface area contributed by atoms with Crippen LogP contribution in [0, 0.1) is 11.3 Å². The van der Waals surface area contributed by atoms with Crippen molar-refractivity contribution in [3.05, 3.63) is 0 Å². The Bertz CT molecular complexity index is 260. The van der Waals surface area contributed by atoms with Gasteiger partial charge in [-0.2, -0.15) is 13.2 Å². The average molecular weight is 226 g/mol. The minimum absolute atomic E-state index is 0.521. The first-order chi connectivity index (χ1) is 6.70. The van der Waals surface area contributed by atoms with E-state index in [-0.39, 0.29) is 0 Å². The maximum atomic E-state index is 11.9. The molecule has 0 radical (unpaired) electrons. The summed E-state index contributed by atoms with van der Waals surface area (Å²) in [5.41, 5.74) is -0.571. The monoisotopic (exact) mass is 226 g/mol. The Kier molecular flexibility index (Phi) is 3.00. The Morgan fingerprint density at radius 1 is 1.40 bits per heavy atom.